The molecule has 0 aliphatic carbocycles. The first-order valence-electron chi connectivity index (χ1n) is 6.47. The highest BCUT2D eigenvalue weighted by Crippen LogP contribution is 2.30. The zero-order valence-electron chi connectivity index (χ0n) is 11.6. The number of carbonyl (C=O) groups is 1. The van der Waals surface area contributed by atoms with Crippen LogP contribution in [0.15, 0.2) is 24.3 Å². The third kappa shape index (κ3) is 6.06. The summed E-state index contributed by atoms with van der Waals surface area (Å²) in [6.45, 7) is 5.41. The first-order valence-corrected chi connectivity index (χ1v) is 6.47. The van der Waals surface area contributed by atoms with Crippen molar-refractivity contribution in [2.24, 2.45) is 5.92 Å². The molecule has 0 fully saturated rings. The molecule has 1 aromatic carbocycles. The van der Waals surface area contributed by atoms with Crippen LogP contribution in [0, 0.1) is 5.92 Å². The molecule has 0 radical (unpaired) electrons. The first kappa shape index (κ1) is 16.5. The maximum atomic E-state index is 12.5. The van der Waals surface area contributed by atoms with E-state index in [1.807, 2.05) is 0 Å². The summed E-state index contributed by atoms with van der Waals surface area (Å²) < 4.78 is 37.5. The number of hydrogen-bond acceptors (Lipinski definition) is 2. The van der Waals surface area contributed by atoms with Crippen LogP contribution in [0.1, 0.15) is 25.8 Å². The van der Waals surface area contributed by atoms with E-state index in [4.69, 9.17) is 0 Å². The van der Waals surface area contributed by atoms with Gasteiger partial charge in [-0.25, -0.2) is 0 Å². The van der Waals surface area contributed by atoms with Gasteiger partial charge >= 0.3 is 6.18 Å². The first-order chi connectivity index (χ1) is 9.29. The van der Waals surface area contributed by atoms with Crippen LogP contribution in [0.3, 0.4) is 0 Å². The number of nitrogens with one attached hydrogen (secondary N) is 2. The Labute approximate surface area is 116 Å². The van der Waals surface area contributed by atoms with Crippen molar-refractivity contribution >= 4 is 11.6 Å². The molecule has 0 aliphatic heterocycles. The summed E-state index contributed by atoms with van der Waals surface area (Å²) in [7, 11) is 0. The number of rotatable bonds is 6. The van der Waals surface area contributed by atoms with Gasteiger partial charge in [-0.3, -0.25) is 4.79 Å². The zero-order chi connectivity index (χ0) is 15.2. The number of anilines is 1. The van der Waals surface area contributed by atoms with Gasteiger partial charge in [0.05, 0.1) is 5.56 Å². The van der Waals surface area contributed by atoms with E-state index in [0.29, 0.717) is 12.5 Å². The molecule has 1 aromatic rings. The predicted molar refractivity (Wildman–Crippen MR) is 72.4 cm³/mol. The quantitative estimate of drug-likeness (QED) is 0.789. The smallest absolute Gasteiger partial charge is 0.326 e. The third-order valence-corrected chi connectivity index (χ3v) is 2.56. The maximum absolute atomic E-state index is 12.5. The molecule has 0 saturated carbocycles. The standard InChI is InChI=1S/C14H19F3N2O/c1-10(2)9-18-7-6-13(20)19-12-5-3-4-11(8-12)14(15,16)17/h3-5,8,10,18H,6-7,9H2,1-2H3,(H,19,20). The van der Waals surface area contributed by atoms with E-state index in [0.717, 1.165) is 18.7 Å². The second kappa shape index (κ2) is 7.28. The fraction of sp³-hybridized carbons (Fsp3) is 0.500. The monoisotopic (exact) mass is 288 g/mol. The minimum absolute atomic E-state index is 0.161. The van der Waals surface area contributed by atoms with Crippen molar-refractivity contribution in [3.05, 3.63) is 29.8 Å². The third-order valence-electron chi connectivity index (χ3n) is 2.56. The summed E-state index contributed by atoms with van der Waals surface area (Å²) in [5.41, 5.74) is -0.609. The van der Waals surface area contributed by atoms with Crippen molar-refractivity contribution in [2.75, 3.05) is 18.4 Å². The van der Waals surface area contributed by atoms with E-state index >= 15 is 0 Å². The van der Waals surface area contributed by atoms with E-state index in [1.54, 1.807) is 0 Å². The second-order valence-corrected chi connectivity index (χ2v) is 4.97. The highest BCUT2D eigenvalue weighted by atomic mass is 19.4. The largest absolute Gasteiger partial charge is 0.416 e. The van der Waals surface area contributed by atoms with Crippen LogP contribution < -0.4 is 10.6 Å². The summed E-state index contributed by atoms with van der Waals surface area (Å²) in [4.78, 5) is 11.6. The highest BCUT2D eigenvalue weighted by molar-refractivity contribution is 5.90. The molecular formula is C14H19F3N2O. The van der Waals surface area contributed by atoms with Gasteiger partial charge in [-0.05, 0) is 30.7 Å². The molecule has 0 heterocycles. The Balaban J connectivity index is 2.46. The van der Waals surface area contributed by atoms with Crippen molar-refractivity contribution in [1.82, 2.24) is 5.32 Å². The molecule has 2 N–H and O–H groups in total. The van der Waals surface area contributed by atoms with Gasteiger partial charge in [0.25, 0.3) is 0 Å². The number of halogens is 3. The van der Waals surface area contributed by atoms with E-state index in [2.05, 4.69) is 24.5 Å². The highest BCUT2D eigenvalue weighted by Gasteiger charge is 2.30. The number of alkyl halides is 3. The second-order valence-electron chi connectivity index (χ2n) is 4.97. The van der Waals surface area contributed by atoms with Crippen molar-refractivity contribution in [3.63, 3.8) is 0 Å². The lowest BCUT2D eigenvalue weighted by atomic mass is 10.2. The minimum atomic E-state index is -4.40. The zero-order valence-corrected chi connectivity index (χ0v) is 11.6. The summed E-state index contributed by atoms with van der Waals surface area (Å²) >= 11 is 0. The molecular weight excluding hydrogens is 269 g/mol. The molecule has 0 bridgehead atoms. The summed E-state index contributed by atoms with van der Waals surface area (Å²) in [5.74, 6) is 0.183. The van der Waals surface area contributed by atoms with E-state index in [1.165, 1.54) is 12.1 Å². The van der Waals surface area contributed by atoms with Gasteiger partial charge in [0.15, 0.2) is 0 Å². The van der Waals surface area contributed by atoms with Gasteiger partial charge in [-0.15, -0.1) is 0 Å². The molecule has 1 amide bonds. The molecule has 1 rings (SSSR count). The molecule has 0 unspecified atom stereocenters. The lowest BCUT2D eigenvalue weighted by molar-refractivity contribution is -0.137. The molecule has 3 nitrogen and oxygen atoms in total. The molecule has 6 heteroatoms. The normalized spacial score (nSPS) is 11.7. The lowest BCUT2D eigenvalue weighted by Crippen LogP contribution is -2.25. The minimum Gasteiger partial charge on any atom is -0.326 e. The van der Waals surface area contributed by atoms with Gasteiger partial charge in [0.2, 0.25) is 5.91 Å². The average molecular weight is 288 g/mol. The summed E-state index contributed by atoms with van der Waals surface area (Å²) in [5, 5.41) is 5.56. The van der Waals surface area contributed by atoms with Crippen LogP contribution in [0.25, 0.3) is 0 Å². The number of hydrogen-bond donors (Lipinski definition) is 2. The molecule has 112 valence electrons. The Morgan fingerprint density at radius 1 is 1.30 bits per heavy atom. The molecule has 0 atom stereocenters. The molecule has 0 spiro atoms. The fourth-order valence-electron chi connectivity index (χ4n) is 1.59. The molecule has 0 aliphatic rings. The van der Waals surface area contributed by atoms with Gasteiger partial charge in [-0.2, -0.15) is 13.2 Å². The maximum Gasteiger partial charge on any atom is 0.416 e. The van der Waals surface area contributed by atoms with Gasteiger partial charge in [-0.1, -0.05) is 19.9 Å². The number of carbonyl (C=O) groups excluding carboxylic acids is 1. The number of amides is 1. The predicted octanol–water partition coefficient (Wildman–Crippen LogP) is 3.28. The molecule has 0 aromatic heterocycles. The van der Waals surface area contributed by atoms with Crippen LogP contribution in [0.4, 0.5) is 18.9 Å². The average Bonchev–Trinajstić information content (AvgIpc) is 2.34. The van der Waals surface area contributed by atoms with Gasteiger partial charge in [0.1, 0.15) is 0 Å². The molecule has 20 heavy (non-hydrogen) atoms. The Morgan fingerprint density at radius 3 is 2.60 bits per heavy atom. The SMILES string of the molecule is CC(C)CNCCC(=O)Nc1cccc(C(F)(F)F)c1. The van der Waals surface area contributed by atoms with Crippen molar-refractivity contribution < 1.29 is 18.0 Å². The van der Waals surface area contributed by atoms with E-state index in [-0.39, 0.29) is 18.0 Å². The lowest BCUT2D eigenvalue weighted by Gasteiger charge is -2.10. The van der Waals surface area contributed by atoms with Crippen molar-refractivity contribution in [3.8, 4) is 0 Å². The van der Waals surface area contributed by atoms with Crippen LogP contribution in [0.2, 0.25) is 0 Å². The van der Waals surface area contributed by atoms with Crippen molar-refractivity contribution in [1.29, 1.82) is 0 Å². The molecule has 0 saturated heterocycles. The summed E-state index contributed by atoms with van der Waals surface area (Å²) in [6.07, 6.45) is -4.18. The Bertz CT molecular complexity index is 444. The van der Waals surface area contributed by atoms with E-state index < -0.39 is 11.7 Å². The van der Waals surface area contributed by atoms with Crippen LogP contribution in [-0.4, -0.2) is 19.0 Å². The van der Waals surface area contributed by atoms with Crippen LogP contribution in [0.5, 0.6) is 0 Å². The van der Waals surface area contributed by atoms with Crippen LogP contribution in [-0.2, 0) is 11.0 Å². The van der Waals surface area contributed by atoms with Crippen molar-refractivity contribution in [2.45, 2.75) is 26.4 Å². The van der Waals surface area contributed by atoms with E-state index in [9.17, 15) is 18.0 Å². The fourth-order valence-corrected chi connectivity index (χ4v) is 1.59. The Kier molecular flexibility index (Phi) is 6.01. The topological polar surface area (TPSA) is 41.1 Å². The van der Waals surface area contributed by atoms with Gasteiger partial charge in [0, 0.05) is 18.7 Å². The van der Waals surface area contributed by atoms with Gasteiger partial charge < -0.3 is 10.6 Å². The Hall–Kier alpha value is -1.56. The van der Waals surface area contributed by atoms with Crippen LogP contribution >= 0.6 is 0 Å². The Morgan fingerprint density at radius 2 is 2.00 bits per heavy atom. The summed E-state index contributed by atoms with van der Waals surface area (Å²) in [6, 6.07) is 4.61. The number of benzene rings is 1.